The molecule has 0 unspecified atom stereocenters. The van der Waals surface area contributed by atoms with Gasteiger partial charge >= 0.3 is 0 Å². The summed E-state index contributed by atoms with van der Waals surface area (Å²) in [5.74, 6) is -0.601. The monoisotopic (exact) mass is 262 g/mol. The number of imide groups is 1. The Bertz CT molecular complexity index is 552. The molecule has 2 N–H and O–H groups in total. The number of rotatable bonds is 2. The molecular formula is C13H14N2O2S. The molecule has 0 radical (unpaired) electrons. The second-order valence-electron chi connectivity index (χ2n) is 4.79. The van der Waals surface area contributed by atoms with E-state index in [-0.39, 0.29) is 23.2 Å². The molecule has 94 valence electrons. The van der Waals surface area contributed by atoms with Crippen molar-refractivity contribution in [3.63, 3.8) is 0 Å². The summed E-state index contributed by atoms with van der Waals surface area (Å²) < 4.78 is 0. The molecule has 1 aliphatic rings. The predicted octanol–water partition coefficient (Wildman–Crippen LogP) is 1.28. The number of hydrogen-bond donors (Lipinski definition) is 1. The molecule has 0 atom stereocenters. The van der Waals surface area contributed by atoms with Gasteiger partial charge in [0.1, 0.15) is 0 Å². The van der Waals surface area contributed by atoms with E-state index in [4.69, 9.17) is 18.0 Å². The van der Waals surface area contributed by atoms with E-state index in [9.17, 15) is 9.59 Å². The Morgan fingerprint density at radius 2 is 1.94 bits per heavy atom. The van der Waals surface area contributed by atoms with Crippen molar-refractivity contribution in [3.8, 4) is 0 Å². The molecular weight excluding hydrogens is 248 g/mol. The van der Waals surface area contributed by atoms with Crippen LogP contribution in [0.15, 0.2) is 24.3 Å². The predicted molar refractivity (Wildman–Crippen MR) is 72.2 cm³/mol. The standard InChI is InChI=1S/C13H14N2O2S/c1-13(2,12(14)18)15-10(16)7-8-5-3-4-6-9(8)11(15)17/h3-6H,7H2,1-2H3,(H2,14,18). The smallest absolute Gasteiger partial charge is 0.261 e. The Balaban J connectivity index is 2.51. The summed E-state index contributed by atoms with van der Waals surface area (Å²) >= 11 is 4.95. The average molecular weight is 262 g/mol. The Labute approximate surface area is 111 Å². The van der Waals surface area contributed by atoms with Crippen molar-refractivity contribution in [1.29, 1.82) is 0 Å². The summed E-state index contributed by atoms with van der Waals surface area (Å²) in [5, 5.41) is 0. The highest BCUT2D eigenvalue weighted by atomic mass is 32.1. The maximum Gasteiger partial charge on any atom is 0.261 e. The first-order chi connectivity index (χ1) is 8.35. The van der Waals surface area contributed by atoms with E-state index < -0.39 is 5.54 Å². The molecule has 1 aromatic carbocycles. The fourth-order valence-corrected chi connectivity index (χ4v) is 2.13. The van der Waals surface area contributed by atoms with Crippen molar-refractivity contribution in [2.45, 2.75) is 25.8 Å². The maximum absolute atomic E-state index is 12.4. The minimum Gasteiger partial charge on any atom is -0.391 e. The molecule has 1 aromatic rings. The molecule has 18 heavy (non-hydrogen) atoms. The quantitative estimate of drug-likeness (QED) is 0.644. The van der Waals surface area contributed by atoms with Gasteiger partial charge < -0.3 is 5.73 Å². The number of nitrogens with two attached hydrogens (primary N) is 1. The van der Waals surface area contributed by atoms with Gasteiger partial charge in [-0.05, 0) is 25.5 Å². The second kappa shape index (κ2) is 4.17. The highest BCUT2D eigenvalue weighted by Crippen LogP contribution is 2.26. The van der Waals surface area contributed by atoms with Crippen molar-refractivity contribution < 1.29 is 9.59 Å². The Hall–Kier alpha value is -1.75. The molecule has 2 rings (SSSR count). The molecule has 0 bridgehead atoms. The lowest BCUT2D eigenvalue weighted by molar-refractivity contribution is -0.130. The average Bonchev–Trinajstić information content (AvgIpc) is 2.28. The fraction of sp³-hybridized carbons (Fsp3) is 0.308. The van der Waals surface area contributed by atoms with Crippen molar-refractivity contribution in [2.75, 3.05) is 0 Å². The summed E-state index contributed by atoms with van der Waals surface area (Å²) in [7, 11) is 0. The van der Waals surface area contributed by atoms with Crippen LogP contribution in [0.25, 0.3) is 0 Å². The van der Waals surface area contributed by atoms with Crippen LogP contribution in [-0.4, -0.2) is 27.2 Å². The van der Waals surface area contributed by atoms with E-state index in [0.29, 0.717) is 5.56 Å². The molecule has 0 spiro atoms. The Kier molecular flexibility index (Phi) is 2.94. The van der Waals surface area contributed by atoms with Gasteiger partial charge in [-0.3, -0.25) is 14.5 Å². The number of thiocarbonyl (C=S) groups is 1. The van der Waals surface area contributed by atoms with Crippen molar-refractivity contribution in [1.82, 2.24) is 4.90 Å². The molecule has 1 heterocycles. The van der Waals surface area contributed by atoms with Gasteiger partial charge in [0.2, 0.25) is 5.91 Å². The number of fused-ring (bicyclic) bond motifs is 1. The molecule has 1 aliphatic heterocycles. The van der Waals surface area contributed by atoms with Crippen LogP contribution in [0.1, 0.15) is 29.8 Å². The SMILES string of the molecule is CC(C)(C(N)=S)N1C(=O)Cc2ccccc2C1=O. The van der Waals surface area contributed by atoms with Crippen LogP contribution in [0.3, 0.4) is 0 Å². The first kappa shape index (κ1) is 12.7. The molecule has 0 saturated carbocycles. The number of carbonyl (C=O) groups excluding carboxylic acids is 2. The van der Waals surface area contributed by atoms with Crippen LogP contribution in [0.2, 0.25) is 0 Å². The van der Waals surface area contributed by atoms with E-state index >= 15 is 0 Å². The van der Waals surface area contributed by atoms with Gasteiger partial charge in [0, 0.05) is 5.56 Å². The third-order valence-corrected chi connectivity index (χ3v) is 3.70. The molecule has 0 saturated heterocycles. The van der Waals surface area contributed by atoms with E-state index in [2.05, 4.69) is 0 Å². The molecule has 5 heteroatoms. The lowest BCUT2D eigenvalue weighted by Gasteiger charge is -2.38. The number of nitrogens with zero attached hydrogens (tertiary/aromatic N) is 1. The summed E-state index contributed by atoms with van der Waals surface area (Å²) in [6.45, 7) is 3.36. The van der Waals surface area contributed by atoms with Crippen LogP contribution < -0.4 is 5.73 Å². The minimum absolute atomic E-state index is 0.128. The first-order valence-electron chi connectivity index (χ1n) is 5.61. The van der Waals surface area contributed by atoms with Crippen LogP contribution in [0.5, 0.6) is 0 Å². The molecule has 0 fully saturated rings. The van der Waals surface area contributed by atoms with Crippen LogP contribution in [-0.2, 0) is 11.2 Å². The molecule has 2 amide bonds. The zero-order valence-electron chi connectivity index (χ0n) is 10.3. The zero-order valence-corrected chi connectivity index (χ0v) is 11.1. The number of carbonyl (C=O) groups is 2. The van der Waals surface area contributed by atoms with E-state index in [1.54, 1.807) is 32.0 Å². The topological polar surface area (TPSA) is 63.4 Å². The van der Waals surface area contributed by atoms with Crippen molar-refractivity contribution >= 4 is 29.0 Å². The van der Waals surface area contributed by atoms with Gasteiger partial charge in [0.05, 0.1) is 16.9 Å². The van der Waals surface area contributed by atoms with Gasteiger partial charge in [0.15, 0.2) is 0 Å². The first-order valence-corrected chi connectivity index (χ1v) is 6.01. The van der Waals surface area contributed by atoms with E-state index in [0.717, 1.165) is 10.5 Å². The number of hydrogen-bond acceptors (Lipinski definition) is 3. The third-order valence-electron chi connectivity index (χ3n) is 3.20. The maximum atomic E-state index is 12.4. The number of benzene rings is 1. The summed E-state index contributed by atoms with van der Waals surface area (Å²) in [6.07, 6.45) is 0.202. The van der Waals surface area contributed by atoms with Crippen molar-refractivity contribution in [2.24, 2.45) is 5.73 Å². The molecule has 0 aliphatic carbocycles. The zero-order chi connectivity index (χ0) is 13.5. The van der Waals surface area contributed by atoms with E-state index in [1.807, 2.05) is 6.07 Å². The minimum atomic E-state index is -0.947. The van der Waals surface area contributed by atoms with Crippen molar-refractivity contribution in [3.05, 3.63) is 35.4 Å². The summed E-state index contributed by atoms with van der Waals surface area (Å²) in [6, 6.07) is 7.09. The normalized spacial score (nSPS) is 15.6. The lowest BCUT2D eigenvalue weighted by atomic mass is 9.93. The third kappa shape index (κ3) is 1.80. The van der Waals surface area contributed by atoms with Gasteiger partial charge in [-0.1, -0.05) is 30.4 Å². The Morgan fingerprint density at radius 3 is 2.56 bits per heavy atom. The summed E-state index contributed by atoms with van der Waals surface area (Å²) in [5.41, 5.74) is 5.98. The largest absolute Gasteiger partial charge is 0.391 e. The van der Waals surface area contributed by atoms with Gasteiger partial charge in [-0.2, -0.15) is 0 Å². The lowest BCUT2D eigenvalue weighted by Crippen LogP contribution is -2.59. The molecule has 4 nitrogen and oxygen atoms in total. The van der Waals surface area contributed by atoms with Crippen LogP contribution in [0.4, 0.5) is 0 Å². The Morgan fingerprint density at radius 1 is 1.33 bits per heavy atom. The highest BCUT2D eigenvalue weighted by Gasteiger charge is 2.42. The van der Waals surface area contributed by atoms with Gasteiger partial charge in [-0.15, -0.1) is 0 Å². The van der Waals surface area contributed by atoms with Gasteiger partial charge in [0.25, 0.3) is 5.91 Å². The molecule has 0 aromatic heterocycles. The number of amides is 2. The van der Waals surface area contributed by atoms with Crippen LogP contribution in [0, 0.1) is 0 Å². The van der Waals surface area contributed by atoms with Gasteiger partial charge in [-0.25, -0.2) is 0 Å². The second-order valence-corrected chi connectivity index (χ2v) is 5.23. The van der Waals surface area contributed by atoms with E-state index in [1.165, 1.54) is 0 Å². The fourth-order valence-electron chi connectivity index (χ4n) is 2.03. The van der Waals surface area contributed by atoms with Crippen LogP contribution >= 0.6 is 12.2 Å². The highest BCUT2D eigenvalue weighted by molar-refractivity contribution is 7.80. The summed E-state index contributed by atoms with van der Waals surface area (Å²) in [4.78, 5) is 25.8.